The van der Waals surface area contributed by atoms with Gasteiger partial charge in [-0.1, -0.05) is 0 Å². The van der Waals surface area contributed by atoms with E-state index in [0.717, 1.165) is 0 Å². The number of hydrogen-bond donors (Lipinski definition) is 2. The molecular weight excluding hydrogens is 216 g/mol. The number of aliphatic hydroxyl groups is 1. The van der Waals surface area contributed by atoms with E-state index in [9.17, 15) is 9.90 Å². The molecule has 6 nitrogen and oxygen atoms in total. The van der Waals surface area contributed by atoms with Crippen LogP contribution in [-0.2, 0) is 9.47 Å². The lowest BCUT2D eigenvalue weighted by Crippen LogP contribution is -2.12. The van der Waals surface area contributed by atoms with Crippen molar-refractivity contribution in [2.45, 2.75) is 18.8 Å². The van der Waals surface area contributed by atoms with Crippen molar-refractivity contribution in [3.8, 4) is 0 Å². The Morgan fingerprint density at radius 3 is 2.69 bits per heavy atom. The van der Waals surface area contributed by atoms with Crippen LogP contribution in [0.4, 0.5) is 0 Å². The zero-order valence-corrected chi connectivity index (χ0v) is 8.46. The molecule has 1 saturated heterocycles. The van der Waals surface area contributed by atoms with Gasteiger partial charge in [0.1, 0.15) is 11.9 Å². The summed E-state index contributed by atoms with van der Waals surface area (Å²) in [6.45, 7) is 1.02. The minimum atomic E-state index is -1.16. The Bertz CT molecular complexity index is 365. The molecule has 2 rings (SSSR count). The van der Waals surface area contributed by atoms with Crippen molar-refractivity contribution in [3.05, 3.63) is 23.7 Å². The fourth-order valence-electron chi connectivity index (χ4n) is 1.49. The summed E-state index contributed by atoms with van der Waals surface area (Å²) in [5.41, 5.74) is 0. The van der Waals surface area contributed by atoms with Crippen LogP contribution in [0, 0.1) is 0 Å². The first-order valence-corrected chi connectivity index (χ1v) is 4.91. The third-order valence-corrected chi connectivity index (χ3v) is 2.27. The van der Waals surface area contributed by atoms with Crippen LogP contribution in [0.5, 0.6) is 0 Å². The average molecular weight is 228 g/mol. The highest BCUT2D eigenvalue weighted by atomic mass is 16.7. The number of hydrogen-bond acceptors (Lipinski definition) is 5. The second-order valence-electron chi connectivity index (χ2n) is 3.43. The van der Waals surface area contributed by atoms with E-state index in [0.29, 0.717) is 13.2 Å². The molecule has 2 heterocycles. The lowest BCUT2D eigenvalue weighted by atomic mass is 10.2. The maximum absolute atomic E-state index is 10.6. The summed E-state index contributed by atoms with van der Waals surface area (Å²) >= 11 is 0. The summed E-state index contributed by atoms with van der Waals surface area (Å²) in [4.78, 5) is 10.6. The van der Waals surface area contributed by atoms with Gasteiger partial charge < -0.3 is 24.1 Å². The molecule has 1 fully saturated rings. The Kier molecular flexibility index (Phi) is 3.23. The SMILES string of the molecule is O=C(O)c1ccc(C(O)CC2OCCO2)o1. The highest BCUT2D eigenvalue weighted by Crippen LogP contribution is 2.23. The van der Waals surface area contributed by atoms with E-state index in [1.807, 2.05) is 0 Å². The molecule has 0 bridgehead atoms. The fourth-order valence-corrected chi connectivity index (χ4v) is 1.49. The van der Waals surface area contributed by atoms with Crippen LogP contribution in [0.3, 0.4) is 0 Å². The number of rotatable bonds is 4. The summed E-state index contributed by atoms with van der Waals surface area (Å²) in [6.07, 6.45) is -1.14. The molecule has 1 aromatic heterocycles. The van der Waals surface area contributed by atoms with E-state index in [-0.39, 0.29) is 17.9 Å². The van der Waals surface area contributed by atoms with Gasteiger partial charge in [0.15, 0.2) is 6.29 Å². The van der Waals surface area contributed by atoms with Gasteiger partial charge in [-0.15, -0.1) is 0 Å². The minimum Gasteiger partial charge on any atom is -0.475 e. The van der Waals surface area contributed by atoms with Gasteiger partial charge in [0, 0.05) is 6.42 Å². The number of aliphatic hydroxyl groups excluding tert-OH is 1. The molecule has 0 aromatic carbocycles. The molecule has 0 radical (unpaired) electrons. The topological polar surface area (TPSA) is 89.1 Å². The first kappa shape index (κ1) is 11.1. The lowest BCUT2D eigenvalue weighted by Gasteiger charge is -2.12. The number of ether oxygens (including phenoxy) is 2. The van der Waals surface area contributed by atoms with Gasteiger partial charge in [0.05, 0.1) is 13.2 Å². The maximum Gasteiger partial charge on any atom is 0.371 e. The smallest absolute Gasteiger partial charge is 0.371 e. The molecule has 16 heavy (non-hydrogen) atoms. The quantitative estimate of drug-likeness (QED) is 0.791. The van der Waals surface area contributed by atoms with Crippen LogP contribution in [0.2, 0.25) is 0 Å². The number of carboxylic acids is 1. The van der Waals surface area contributed by atoms with Crippen molar-refractivity contribution in [3.63, 3.8) is 0 Å². The van der Waals surface area contributed by atoms with Gasteiger partial charge in [-0.05, 0) is 12.1 Å². The summed E-state index contributed by atoms with van der Waals surface area (Å²) < 4.78 is 15.3. The molecule has 0 aliphatic carbocycles. The van der Waals surface area contributed by atoms with Crippen molar-refractivity contribution < 1.29 is 28.9 Å². The fraction of sp³-hybridized carbons (Fsp3) is 0.500. The van der Waals surface area contributed by atoms with Gasteiger partial charge in [-0.3, -0.25) is 0 Å². The molecule has 1 aromatic rings. The van der Waals surface area contributed by atoms with Gasteiger partial charge in [-0.25, -0.2) is 4.79 Å². The predicted octanol–water partition coefficient (Wildman–Crippen LogP) is 0.774. The van der Waals surface area contributed by atoms with Crippen LogP contribution in [0.1, 0.15) is 28.8 Å². The summed E-state index contributed by atoms with van der Waals surface area (Å²) in [7, 11) is 0. The zero-order chi connectivity index (χ0) is 11.5. The predicted molar refractivity (Wildman–Crippen MR) is 50.9 cm³/mol. The first-order valence-electron chi connectivity index (χ1n) is 4.91. The highest BCUT2D eigenvalue weighted by Gasteiger charge is 2.23. The molecule has 1 aliphatic heterocycles. The maximum atomic E-state index is 10.6. The summed E-state index contributed by atoms with van der Waals surface area (Å²) in [6, 6.07) is 2.74. The van der Waals surface area contributed by atoms with Crippen molar-refractivity contribution in [1.82, 2.24) is 0 Å². The van der Waals surface area contributed by atoms with Crippen molar-refractivity contribution in [2.24, 2.45) is 0 Å². The minimum absolute atomic E-state index is 0.192. The molecule has 2 N–H and O–H groups in total. The van der Waals surface area contributed by atoms with Crippen LogP contribution in [-0.4, -0.2) is 35.7 Å². The van der Waals surface area contributed by atoms with E-state index < -0.39 is 18.4 Å². The zero-order valence-electron chi connectivity index (χ0n) is 8.46. The van der Waals surface area contributed by atoms with E-state index in [4.69, 9.17) is 19.0 Å². The molecule has 0 spiro atoms. The largest absolute Gasteiger partial charge is 0.475 e. The van der Waals surface area contributed by atoms with Crippen LogP contribution < -0.4 is 0 Å². The van der Waals surface area contributed by atoms with E-state index in [1.54, 1.807) is 0 Å². The monoisotopic (exact) mass is 228 g/mol. The molecule has 6 heteroatoms. The first-order chi connectivity index (χ1) is 7.66. The normalized spacial score (nSPS) is 18.8. The number of carboxylic acid groups (broad SMARTS) is 1. The summed E-state index contributed by atoms with van der Waals surface area (Å²) in [5.74, 6) is -1.15. The Balaban J connectivity index is 1.96. The van der Waals surface area contributed by atoms with Gasteiger partial charge in [0.25, 0.3) is 0 Å². The number of aromatic carboxylic acids is 1. The van der Waals surface area contributed by atoms with E-state index in [2.05, 4.69) is 0 Å². The highest BCUT2D eigenvalue weighted by molar-refractivity contribution is 5.84. The van der Waals surface area contributed by atoms with Crippen molar-refractivity contribution >= 4 is 5.97 Å². The van der Waals surface area contributed by atoms with Crippen molar-refractivity contribution in [2.75, 3.05) is 13.2 Å². The van der Waals surface area contributed by atoms with Gasteiger partial charge in [-0.2, -0.15) is 0 Å². The Morgan fingerprint density at radius 2 is 2.12 bits per heavy atom. The third kappa shape index (κ3) is 2.41. The molecule has 0 amide bonds. The average Bonchev–Trinajstić information content (AvgIpc) is 2.86. The van der Waals surface area contributed by atoms with Gasteiger partial charge >= 0.3 is 5.97 Å². The molecule has 1 aliphatic rings. The summed E-state index contributed by atoms with van der Waals surface area (Å²) in [5, 5.41) is 18.4. The van der Waals surface area contributed by atoms with E-state index >= 15 is 0 Å². The lowest BCUT2D eigenvalue weighted by molar-refractivity contribution is -0.0737. The third-order valence-electron chi connectivity index (χ3n) is 2.27. The Labute approximate surface area is 91.4 Å². The van der Waals surface area contributed by atoms with Crippen LogP contribution in [0.25, 0.3) is 0 Å². The molecule has 1 atom stereocenters. The number of carbonyl (C=O) groups is 1. The second-order valence-corrected chi connectivity index (χ2v) is 3.43. The molecule has 88 valence electrons. The Hall–Kier alpha value is -1.37. The molecule has 0 saturated carbocycles. The van der Waals surface area contributed by atoms with Crippen molar-refractivity contribution in [1.29, 1.82) is 0 Å². The second kappa shape index (κ2) is 4.65. The van der Waals surface area contributed by atoms with Crippen LogP contribution in [0.15, 0.2) is 16.5 Å². The number of furan rings is 1. The molecular formula is C10H12O6. The van der Waals surface area contributed by atoms with Crippen LogP contribution >= 0.6 is 0 Å². The molecule has 1 unspecified atom stereocenters. The van der Waals surface area contributed by atoms with Gasteiger partial charge in [0.2, 0.25) is 5.76 Å². The standard InChI is InChI=1S/C10H12O6/c11-6(5-9-14-3-4-15-9)7-1-2-8(16-7)10(12)13/h1-2,6,9,11H,3-5H2,(H,12,13). The Morgan fingerprint density at radius 1 is 1.44 bits per heavy atom. The van der Waals surface area contributed by atoms with E-state index in [1.165, 1.54) is 12.1 Å².